The smallest absolute Gasteiger partial charge is 0.220 e. The molecule has 0 bridgehead atoms. The standard InChI is InChI=1S/C50H91NO9/c1-3-5-7-9-11-13-15-17-19-21-23-26-30-40-34-36-41(37-35-40)31-27-25-29-33-45(54)51-42(39-59-50-49(58)48(57)47(56)44(38-52)60-50)46(55)43(53)32-28-24-22-20-18-16-14-12-10-8-6-4-2/h34-37,42-44,46-50,52-53,55-58H,3-33,38-39H2,1-2H3,(H,51,54)/t42-,43+,44+,46-,47-,48-,49+,50-/m0/s1. The molecule has 1 amide bonds. The molecule has 1 heterocycles. The molecule has 1 aromatic carbocycles. The van der Waals surface area contributed by atoms with E-state index in [0.717, 1.165) is 51.4 Å². The van der Waals surface area contributed by atoms with E-state index in [0.29, 0.717) is 12.8 Å². The number of hydrogen-bond acceptors (Lipinski definition) is 9. The second-order valence-corrected chi connectivity index (χ2v) is 18.0. The van der Waals surface area contributed by atoms with Gasteiger partial charge in [-0.25, -0.2) is 0 Å². The molecule has 10 heteroatoms. The number of aliphatic hydroxyl groups is 6. The maximum Gasteiger partial charge on any atom is 0.220 e. The summed E-state index contributed by atoms with van der Waals surface area (Å²) >= 11 is 0. The Hall–Kier alpha value is -1.63. The average Bonchev–Trinajstić information content (AvgIpc) is 3.25. The van der Waals surface area contributed by atoms with Crippen LogP contribution in [0.2, 0.25) is 0 Å². The highest BCUT2D eigenvalue weighted by molar-refractivity contribution is 5.76. The summed E-state index contributed by atoms with van der Waals surface area (Å²) in [6.45, 7) is 3.59. The Morgan fingerprint density at radius 3 is 1.47 bits per heavy atom. The van der Waals surface area contributed by atoms with Gasteiger partial charge >= 0.3 is 0 Å². The van der Waals surface area contributed by atoms with E-state index in [1.807, 2.05) is 0 Å². The van der Waals surface area contributed by atoms with E-state index in [9.17, 15) is 35.4 Å². The number of aryl methyl sites for hydroxylation is 2. The molecular weight excluding hydrogens is 759 g/mol. The van der Waals surface area contributed by atoms with Gasteiger partial charge in [-0.3, -0.25) is 4.79 Å². The fourth-order valence-corrected chi connectivity index (χ4v) is 8.38. The summed E-state index contributed by atoms with van der Waals surface area (Å²) in [6, 6.07) is 7.96. The monoisotopic (exact) mass is 850 g/mol. The second-order valence-electron chi connectivity index (χ2n) is 18.0. The molecule has 0 saturated carbocycles. The molecule has 1 saturated heterocycles. The second kappa shape index (κ2) is 35.8. The van der Waals surface area contributed by atoms with Gasteiger partial charge in [0.15, 0.2) is 6.29 Å². The van der Waals surface area contributed by atoms with Crippen LogP contribution in [0.3, 0.4) is 0 Å². The highest BCUT2D eigenvalue weighted by Gasteiger charge is 2.44. The van der Waals surface area contributed by atoms with Crippen LogP contribution < -0.4 is 5.32 Å². The summed E-state index contributed by atoms with van der Waals surface area (Å²) < 4.78 is 11.2. The van der Waals surface area contributed by atoms with E-state index in [-0.39, 0.29) is 18.9 Å². The number of hydrogen-bond donors (Lipinski definition) is 7. The van der Waals surface area contributed by atoms with Gasteiger partial charge in [-0.2, -0.15) is 0 Å². The van der Waals surface area contributed by atoms with Crippen LogP contribution in [0.25, 0.3) is 0 Å². The minimum Gasteiger partial charge on any atom is -0.394 e. The van der Waals surface area contributed by atoms with Crippen molar-refractivity contribution in [1.82, 2.24) is 5.32 Å². The van der Waals surface area contributed by atoms with Crippen LogP contribution in [0.5, 0.6) is 0 Å². The van der Waals surface area contributed by atoms with Gasteiger partial charge in [0.2, 0.25) is 5.91 Å². The first-order valence-corrected chi connectivity index (χ1v) is 24.9. The molecule has 1 fully saturated rings. The minimum absolute atomic E-state index is 0.246. The molecule has 0 unspecified atom stereocenters. The number of nitrogens with one attached hydrogen (secondary N) is 1. The van der Waals surface area contributed by atoms with Gasteiger partial charge in [0.25, 0.3) is 0 Å². The third kappa shape index (κ3) is 24.9. The van der Waals surface area contributed by atoms with E-state index >= 15 is 0 Å². The Balaban J connectivity index is 1.71. The molecule has 1 aromatic rings. The number of rotatable bonds is 39. The summed E-state index contributed by atoms with van der Waals surface area (Å²) in [5.41, 5.74) is 2.70. The van der Waals surface area contributed by atoms with Crippen molar-refractivity contribution in [2.45, 2.75) is 262 Å². The van der Waals surface area contributed by atoms with Gasteiger partial charge < -0.3 is 45.4 Å². The largest absolute Gasteiger partial charge is 0.394 e. The Morgan fingerprint density at radius 2 is 1.02 bits per heavy atom. The van der Waals surface area contributed by atoms with E-state index in [4.69, 9.17) is 9.47 Å². The van der Waals surface area contributed by atoms with Crippen LogP contribution in [0.15, 0.2) is 24.3 Å². The molecule has 60 heavy (non-hydrogen) atoms. The lowest BCUT2D eigenvalue weighted by Gasteiger charge is -2.40. The highest BCUT2D eigenvalue weighted by atomic mass is 16.7. The molecule has 0 aromatic heterocycles. The lowest BCUT2D eigenvalue weighted by Crippen LogP contribution is -2.60. The molecule has 1 aliphatic heterocycles. The number of ether oxygens (including phenoxy) is 2. The molecule has 7 N–H and O–H groups in total. The van der Waals surface area contributed by atoms with Crippen LogP contribution in [0, 0.1) is 0 Å². The van der Waals surface area contributed by atoms with Crippen LogP contribution in [-0.2, 0) is 27.1 Å². The van der Waals surface area contributed by atoms with Crippen LogP contribution in [-0.4, -0.2) is 98.7 Å². The Kier molecular flexibility index (Phi) is 32.5. The van der Waals surface area contributed by atoms with Crippen molar-refractivity contribution in [3.8, 4) is 0 Å². The quantitative estimate of drug-likeness (QED) is 0.0320. The number of carbonyl (C=O) groups is 1. The first-order chi connectivity index (χ1) is 29.2. The number of aliphatic hydroxyl groups excluding tert-OH is 6. The fourth-order valence-electron chi connectivity index (χ4n) is 8.38. The number of carbonyl (C=O) groups excluding carboxylic acids is 1. The van der Waals surface area contributed by atoms with Gasteiger partial charge in [0, 0.05) is 6.42 Å². The van der Waals surface area contributed by atoms with Crippen molar-refractivity contribution in [3.05, 3.63) is 35.4 Å². The zero-order valence-electron chi connectivity index (χ0n) is 38.2. The van der Waals surface area contributed by atoms with Crippen LogP contribution in [0.1, 0.15) is 211 Å². The minimum atomic E-state index is -1.61. The summed E-state index contributed by atoms with van der Waals surface area (Å²) in [4.78, 5) is 13.1. The third-order valence-corrected chi connectivity index (χ3v) is 12.5. The Morgan fingerprint density at radius 1 is 0.600 bits per heavy atom. The Bertz CT molecular complexity index is 1140. The number of unbranched alkanes of at least 4 members (excludes halogenated alkanes) is 24. The maximum atomic E-state index is 13.1. The van der Waals surface area contributed by atoms with Crippen molar-refractivity contribution >= 4 is 5.91 Å². The lowest BCUT2D eigenvalue weighted by molar-refractivity contribution is -0.303. The van der Waals surface area contributed by atoms with Crippen molar-refractivity contribution in [2.75, 3.05) is 13.2 Å². The van der Waals surface area contributed by atoms with Gasteiger partial charge in [0.1, 0.15) is 30.5 Å². The number of amides is 1. The topological polar surface area (TPSA) is 169 Å². The summed E-state index contributed by atoms with van der Waals surface area (Å²) in [6.07, 6.45) is 26.0. The van der Waals surface area contributed by atoms with Crippen LogP contribution in [0.4, 0.5) is 0 Å². The molecule has 350 valence electrons. The van der Waals surface area contributed by atoms with Gasteiger partial charge in [-0.1, -0.05) is 192 Å². The van der Waals surface area contributed by atoms with Crippen molar-refractivity contribution < 1.29 is 44.9 Å². The molecule has 2 rings (SSSR count). The van der Waals surface area contributed by atoms with Gasteiger partial charge in [-0.15, -0.1) is 0 Å². The highest BCUT2D eigenvalue weighted by Crippen LogP contribution is 2.23. The fraction of sp³-hybridized carbons (Fsp3) is 0.860. The molecule has 8 atom stereocenters. The predicted octanol–water partition coefficient (Wildman–Crippen LogP) is 9.15. The Labute approximate surface area is 365 Å². The van der Waals surface area contributed by atoms with E-state index < -0.39 is 55.6 Å². The third-order valence-electron chi connectivity index (χ3n) is 12.5. The zero-order chi connectivity index (χ0) is 43.6. The summed E-state index contributed by atoms with van der Waals surface area (Å²) in [5.74, 6) is -0.281. The summed E-state index contributed by atoms with van der Waals surface area (Å²) in [5, 5.41) is 65.4. The lowest BCUT2D eigenvalue weighted by atomic mass is 9.98. The SMILES string of the molecule is CCCCCCCCCCCCCCc1ccc(CCCCCC(=O)N[C@@H](CO[C@H]2O[C@H](CO)[C@H](O)[C@H](O)[C@H]2O)[C@H](O)[C@H](O)CCCCCCCCCCCCCC)cc1. The molecule has 0 radical (unpaired) electrons. The van der Waals surface area contributed by atoms with E-state index in [2.05, 4.69) is 43.4 Å². The first kappa shape index (κ1) is 54.5. The van der Waals surface area contributed by atoms with Crippen molar-refractivity contribution in [3.63, 3.8) is 0 Å². The molecule has 10 nitrogen and oxygen atoms in total. The summed E-state index contributed by atoms with van der Waals surface area (Å²) in [7, 11) is 0. The van der Waals surface area contributed by atoms with Crippen LogP contribution >= 0.6 is 0 Å². The average molecular weight is 850 g/mol. The molecule has 1 aliphatic rings. The van der Waals surface area contributed by atoms with Crippen molar-refractivity contribution in [2.24, 2.45) is 0 Å². The maximum absolute atomic E-state index is 13.1. The van der Waals surface area contributed by atoms with E-state index in [1.54, 1.807) is 0 Å². The number of benzene rings is 1. The molecule has 0 aliphatic carbocycles. The van der Waals surface area contributed by atoms with E-state index in [1.165, 1.54) is 140 Å². The van der Waals surface area contributed by atoms with Gasteiger partial charge in [-0.05, 0) is 49.7 Å². The predicted molar refractivity (Wildman–Crippen MR) is 243 cm³/mol. The molecule has 0 spiro atoms. The zero-order valence-corrected chi connectivity index (χ0v) is 38.2. The van der Waals surface area contributed by atoms with Gasteiger partial charge in [0.05, 0.1) is 25.4 Å². The first-order valence-electron chi connectivity index (χ1n) is 24.9. The normalized spacial score (nSPS) is 20.9. The van der Waals surface area contributed by atoms with Crippen molar-refractivity contribution in [1.29, 1.82) is 0 Å². The molecular formula is C50H91NO9.